The molecule has 80 valence electrons. The largest absolute Gasteiger partial charge is 0.405 e. The summed E-state index contributed by atoms with van der Waals surface area (Å²) in [4.78, 5) is 0. The summed E-state index contributed by atoms with van der Waals surface area (Å²) < 4.78 is 5.61. The van der Waals surface area contributed by atoms with Crippen LogP contribution in [0.1, 0.15) is 47.0 Å². The molecule has 13 heavy (non-hydrogen) atoms. The van der Waals surface area contributed by atoms with Crippen molar-refractivity contribution in [3.63, 3.8) is 0 Å². The Morgan fingerprint density at radius 1 is 1.08 bits per heavy atom. The van der Waals surface area contributed by atoms with E-state index in [1.807, 2.05) is 0 Å². The van der Waals surface area contributed by atoms with E-state index in [0.717, 1.165) is 18.3 Å². The van der Waals surface area contributed by atoms with Gasteiger partial charge >= 0.3 is 0 Å². The maximum atomic E-state index is 5.71. The minimum absolute atomic E-state index is 0.423. The van der Waals surface area contributed by atoms with Gasteiger partial charge in [0.1, 0.15) is 0 Å². The minimum Gasteiger partial charge on any atom is -0.405 e. The average molecular weight is 223 g/mol. The van der Waals surface area contributed by atoms with Crippen LogP contribution in [0.5, 0.6) is 0 Å². The van der Waals surface area contributed by atoms with Gasteiger partial charge in [0, 0.05) is 6.10 Å². The monoisotopic (exact) mass is 222 g/mol. The molecule has 0 aromatic carbocycles. The highest BCUT2D eigenvalue weighted by Crippen LogP contribution is 2.16. The molecule has 3 heteroatoms. The number of rotatable bonds is 7. The van der Waals surface area contributed by atoms with E-state index < -0.39 is 9.07 Å². The van der Waals surface area contributed by atoms with Crippen molar-refractivity contribution in [3.8, 4) is 0 Å². The predicted molar refractivity (Wildman–Crippen MR) is 62.8 cm³/mol. The zero-order chi connectivity index (χ0) is 10.3. The van der Waals surface area contributed by atoms with Gasteiger partial charge in [-0.05, 0) is 31.1 Å². The molecule has 0 aliphatic rings. The van der Waals surface area contributed by atoms with Crippen LogP contribution in [0.2, 0.25) is 0 Å². The molecule has 0 fully saturated rings. The fraction of sp³-hybridized carbons (Fsp3) is 1.00. The highest BCUT2D eigenvalue weighted by atomic mass is 35.6. The van der Waals surface area contributed by atoms with E-state index in [9.17, 15) is 0 Å². The lowest BCUT2D eigenvalue weighted by molar-refractivity contribution is 0.169. The Labute approximate surface area is 89.8 Å². The van der Waals surface area contributed by atoms with Gasteiger partial charge in [0.25, 0.3) is 9.07 Å². The molecule has 0 aromatic heterocycles. The van der Waals surface area contributed by atoms with Crippen LogP contribution in [0.15, 0.2) is 0 Å². The third kappa shape index (κ3) is 8.79. The molecule has 1 atom stereocenters. The van der Waals surface area contributed by atoms with Crippen molar-refractivity contribution in [2.45, 2.75) is 53.1 Å². The quantitative estimate of drug-likeness (QED) is 0.475. The van der Waals surface area contributed by atoms with Crippen LogP contribution < -0.4 is 0 Å². The molecule has 0 N–H and O–H groups in total. The van der Waals surface area contributed by atoms with Crippen molar-refractivity contribution in [1.82, 2.24) is 0 Å². The predicted octanol–water partition coefficient (Wildman–Crippen LogP) is 3.09. The molecule has 1 unspecified atom stereocenters. The van der Waals surface area contributed by atoms with E-state index in [-0.39, 0.29) is 0 Å². The zero-order valence-corrected chi connectivity index (χ0v) is 11.5. The smallest absolute Gasteiger partial charge is 0.258 e. The van der Waals surface area contributed by atoms with Crippen molar-refractivity contribution in [1.29, 1.82) is 0 Å². The SMILES string of the molecule is CC(C)CCC(CC(C)C)O[SiH2]Cl. The van der Waals surface area contributed by atoms with E-state index in [1.165, 1.54) is 12.8 Å². The Balaban J connectivity index is 3.66. The first-order valence-electron chi connectivity index (χ1n) is 5.23. The van der Waals surface area contributed by atoms with E-state index in [4.69, 9.17) is 15.5 Å². The van der Waals surface area contributed by atoms with Gasteiger partial charge in [0.15, 0.2) is 0 Å². The fourth-order valence-electron chi connectivity index (χ4n) is 1.40. The summed E-state index contributed by atoms with van der Waals surface area (Å²) in [5.74, 6) is 1.49. The zero-order valence-electron chi connectivity index (χ0n) is 9.35. The van der Waals surface area contributed by atoms with Crippen LogP contribution in [0, 0.1) is 11.8 Å². The topological polar surface area (TPSA) is 9.23 Å². The summed E-state index contributed by atoms with van der Waals surface area (Å²) >= 11 is 5.71. The molecule has 0 bridgehead atoms. The summed E-state index contributed by atoms with van der Waals surface area (Å²) in [6, 6.07) is 0. The molecule has 0 amide bonds. The average Bonchev–Trinajstić information content (AvgIpc) is 1.99. The number of halogens is 1. The van der Waals surface area contributed by atoms with Crippen LogP contribution >= 0.6 is 11.1 Å². The van der Waals surface area contributed by atoms with Crippen molar-refractivity contribution >= 4 is 20.2 Å². The van der Waals surface area contributed by atoms with E-state index in [0.29, 0.717) is 6.10 Å². The maximum absolute atomic E-state index is 5.71. The summed E-state index contributed by atoms with van der Waals surface area (Å²) in [6.45, 7) is 8.98. The molecular weight excluding hydrogens is 200 g/mol. The van der Waals surface area contributed by atoms with Gasteiger partial charge < -0.3 is 4.43 Å². The van der Waals surface area contributed by atoms with Crippen LogP contribution in [0.3, 0.4) is 0 Å². The first kappa shape index (κ1) is 13.5. The lowest BCUT2D eigenvalue weighted by atomic mass is 9.99. The van der Waals surface area contributed by atoms with Crippen LogP contribution in [-0.4, -0.2) is 15.2 Å². The van der Waals surface area contributed by atoms with E-state index >= 15 is 0 Å². The molecule has 0 rings (SSSR count). The molecule has 0 spiro atoms. The third-order valence-corrected chi connectivity index (χ3v) is 3.07. The summed E-state index contributed by atoms with van der Waals surface area (Å²) in [7, 11) is -0.749. The second-order valence-electron chi connectivity index (χ2n) is 4.50. The Morgan fingerprint density at radius 3 is 2.08 bits per heavy atom. The first-order chi connectivity index (χ1) is 6.06. The maximum Gasteiger partial charge on any atom is 0.258 e. The van der Waals surface area contributed by atoms with Gasteiger partial charge in [-0.2, -0.15) is 0 Å². The molecule has 0 heterocycles. The van der Waals surface area contributed by atoms with Crippen molar-refractivity contribution in [2.24, 2.45) is 11.8 Å². The van der Waals surface area contributed by atoms with Gasteiger partial charge in [0.05, 0.1) is 0 Å². The lowest BCUT2D eigenvalue weighted by Gasteiger charge is -2.19. The third-order valence-electron chi connectivity index (χ3n) is 2.10. The van der Waals surface area contributed by atoms with Crippen LogP contribution in [-0.2, 0) is 4.43 Å². The standard InChI is InChI=1S/C10H23ClOSi/c1-8(2)5-6-10(12-13-11)7-9(3)4/h8-10H,5-7,13H2,1-4H3. The highest BCUT2D eigenvalue weighted by molar-refractivity contribution is 6.89. The van der Waals surface area contributed by atoms with Gasteiger partial charge in [-0.3, -0.25) is 0 Å². The van der Waals surface area contributed by atoms with Crippen LogP contribution in [0.25, 0.3) is 0 Å². The van der Waals surface area contributed by atoms with E-state index in [1.54, 1.807) is 0 Å². The number of hydrogen-bond acceptors (Lipinski definition) is 1. The molecule has 0 saturated heterocycles. The molecule has 0 aliphatic heterocycles. The molecule has 1 nitrogen and oxygen atoms in total. The van der Waals surface area contributed by atoms with Crippen molar-refractivity contribution in [2.75, 3.05) is 0 Å². The second kappa shape index (κ2) is 7.83. The van der Waals surface area contributed by atoms with Gasteiger partial charge in [-0.15, -0.1) is 11.1 Å². The normalized spacial score (nSPS) is 15.0. The molecule has 0 aliphatic carbocycles. The lowest BCUT2D eigenvalue weighted by Crippen LogP contribution is -2.17. The first-order valence-corrected chi connectivity index (χ1v) is 7.95. The van der Waals surface area contributed by atoms with Crippen molar-refractivity contribution < 1.29 is 4.43 Å². The highest BCUT2D eigenvalue weighted by Gasteiger charge is 2.11. The van der Waals surface area contributed by atoms with Gasteiger partial charge in [-0.25, -0.2) is 0 Å². The second-order valence-corrected chi connectivity index (χ2v) is 5.70. The Hall–Kier alpha value is 0.467. The number of hydrogen-bond donors (Lipinski definition) is 0. The van der Waals surface area contributed by atoms with Gasteiger partial charge in [-0.1, -0.05) is 27.7 Å². The summed E-state index contributed by atoms with van der Waals surface area (Å²) in [5, 5.41) is 0. The van der Waals surface area contributed by atoms with Crippen LogP contribution in [0.4, 0.5) is 0 Å². The summed E-state index contributed by atoms with van der Waals surface area (Å²) in [6.07, 6.45) is 4.01. The Kier molecular flexibility index (Phi) is 8.11. The molecule has 0 saturated carbocycles. The Morgan fingerprint density at radius 2 is 1.69 bits per heavy atom. The fourth-order valence-corrected chi connectivity index (χ4v) is 2.42. The molecule has 0 radical (unpaired) electrons. The molecular formula is C10H23ClOSi. The Bertz CT molecular complexity index is 117. The van der Waals surface area contributed by atoms with Gasteiger partial charge in [0.2, 0.25) is 0 Å². The summed E-state index contributed by atoms with van der Waals surface area (Å²) in [5.41, 5.74) is 0. The van der Waals surface area contributed by atoms with E-state index in [2.05, 4.69) is 27.7 Å². The minimum atomic E-state index is -0.749. The molecule has 0 aromatic rings. The van der Waals surface area contributed by atoms with Crippen molar-refractivity contribution in [3.05, 3.63) is 0 Å².